The molecular formula is C11H13N3O2S. The molecule has 6 heteroatoms. The molecule has 1 rings (SSSR count). The summed E-state index contributed by atoms with van der Waals surface area (Å²) in [6, 6.07) is 9.45. The van der Waals surface area contributed by atoms with Gasteiger partial charge >= 0.3 is 5.97 Å². The second-order valence-electron chi connectivity index (χ2n) is 3.09. The van der Waals surface area contributed by atoms with Gasteiger partial charge in [-0.3, -0.25) is 0 Å². The van der Waals surface area contributed by atoms with E-state index in [9.17, 15) is 4.79 Å². The molecule has 5 nitrogen and oxygen atoms in total. The third kappa shape index (κ3) is 4.60. The first-order chi connectivity index (χ1) is 8.13. The highest BCUT2D eigenvalue weighted by atomic mass is 32.1. The van der Waals surface area contributed by atoms with Gasteiger partial charge in [-0.15, -0.1) is 0 Å². The van der Waals surface area contributed by atoms with Crippen LogP contribution in [0.5, 0.6) is 0 Å². The van der Waals surface area contributed by atoms with Crippen molar-refractivity contribution in [3.63, 3.8) is 0 Å². The standard InChI is InChI=1S/C11H13N3O2S/c1-14(12-8-10(15)16-2)11(17)13-9-6-4-3-5-7-9/h3-8H,1-2H3,(H,13,17)/b12-8+. The summed E-state index contributed by atoms with van der Waals surface area (Å²) in [5, 5.41) is 8.56. The Hall–Kier alpha value is -1.95. The number of para-hydroxylation sites is 1. The summed E-state index contributed by atoms with van der Waals surface area (Å²) in [4.78, 5) is 10.8. The number of thiocarbonyl (C=S) groups is 1. The highest BCUT2D eigenvalue weighted by molar-refractivity contribution is 7.80. The van der Waals surface area contributed by atoms with Crippen LogP contribution in [0.15, 0.2) is 35.4 Å². The normalized spacial score (nSPS) is 10.0. The molecule has 0 radical (unpaired) electrons. The number of methoxy groups -OCH3 is 1. The zero-order valence-electron chi connectivity index (χ0n) is 9.58. The van der Waals surface area contributed by atoms with Crippen LogP contribution in [0.25, 0.3) is 0 Å². The molecule has 0 bridgehead atoms. The number of esters is 1. The molecule has 1 N–H and O–H groups in total. The number of hydrazone groups is 1. The maximum absolute atomic E-state index is 10.8. The van der Waals surface area contributed by atoms with Gasteiger partial charge in [0.05, 0.1) is 7.11 Å². The van der Waals surface area contributed by atoms with E-state index < -0.39 is 5.97 Å². The Morgan fingerprint density at radius 1 is 1.47 bits per heavy atom. The van der Waals surface area contributed by atoms with Crippen LogP contribution in [-0.2, 0) is 9.53 Å². The number of carbonyl (C=O) groups excluding carboxylic acids is 1. The Kier molecular flexibility index (Phi) is 5.09. The number of ether oxygens (including phenoxy) is 1. The number of hydrogen-bond acceptors (Lipinski definition) is 4. The Balaban J connectivity index is 2.53. The number of nitrogens with one attached hydrogen (secondary N) is 1. The summed E-state index contributed by atoms with van der Waals surface area (Å²) < 4.78 is 4.42. The number of benzene rings is 1. The molecule has 0 aliphatic carbocycles. The van der Waals surface area contributed by atoms with Crippen LogP contribution in [0.2, 0.25) is 0 Å². The van der Waals surface area contributed by atoms with Gasteiger partial charge in [0.25, 0.3) is 0 Å². The van der Waals surface area contributed by atoms with Gasteiger partial charge in [-0.2, -0.15) is 5.10 Å². The van der Waals surface area contributed by atoms with E-state index in [1.165, 1.54) is 12.1 Å². The van der Waals surface area contributed by atoms with Gasteiger partial charge in [0, 0.05) is 12.7 Å². The summed E-state index contributed by atoms with van der Waals surface area (Å²) >= 11 is 5.10. The average Bonchev–Trinajstić information content (AvgIpc) is 2.36. The zero-order valence-corrected chi connectivity index (χ0v) is 10.4. The van der Waals surface area contributed by atoms with E-state index >= 15 is 0 Å². The number of anilines is 1. The van der Waals surface area contributed by atoms with Gasteiger partial charge < -0.3 is 10.1 Å². The summed E-state index contributed by atoms with van der Waals surface area (Å²) in [5.74, 6) is -0.528. The molecule has 0 fully saturated rings. The molecule has 0 aliphatic rings. The fraction of sp³-hybridized carbons (Fsp3) is 0.182. The second-order valence-corrected chi connectivity index (χ2v) is 3.47. The second kappa shape index (κ2) is 6.59. The zero-order chi connectivity index (χ0) is 12.7. The molecule has 0 saturated carbocycles. The van der Waals surface area contributed by atoms with Crippen LogP contribution in [0.3, 0.4) is 0 Å². The first-order valence-corrected chi connectivity index (χ1v) is 5.26. The van der Waals surface area contributed by atoms with Crippen LogP contribution >= 0.6 is 12.2 Å². The predicted octanol–water partition coefficient (Wildman–Crippen LogP) is 1.47. The van der Waals surface area contributed by atoms with Crippen molar-refractivity contribution in [1.82, 2.24) is 5.01 Å². The Morgan fingerprint density at radius 2 is 2.12 bits per heavy atom. The molecule has 1 aromatic carbocycles. The van der Waals surface area contributed by atoms with E-state index in [0.717, 1.165) is 11.9 Å². The lowest BCUT2D eigenvalue weighted by atomic mass is 10.3. The van der Waals surface area contributed by atoms with Gasteiger partial charge in [-0.05, 0) is 24.4 Å². The molecule has 17 heavy (non-hydrogen) atoms. The van der Waals surface area contributed by atoms with Crippen molar-refractivity contribution in [2.24, 2.45) is 5.10 Å². The molecule has 0 spiro atoms. The number of hydrogen-bond donors (Lipinski definition) is 1. The maximum atomic E-state index is 10.8. The Morgan fingerprint density at radius 3 is 2.71 bits per heavy atom. The van der Waals surface area contributed by atoms with Gasteiger partial charge in [0.15, 0.2) is 5.11 Å². The summed E-state index contributed by atoms with van der Waals surface area (Å²) in [6.07, 6.45) is 1.05. The van der Waals surface area contributed by atoms with Gasteiger partial charge in [0.1, 0.15) is 6.21 Å². The molecule has 0 saturated heterocycles. The van der Waals surface area contributed by atoms with E-state index in [4.69, 9.17) is 12.2 Å². The van der Waals surface area contributed by atoms with Crippen molar-refractivity contribution < 1.29 is 9.53 Å². The molecule has 0 aliphatic heterocycles. The lowest BCUT2D eigenvalue weighted by Gasteiger charge is -2.15. The van der Waals surface area contributed by atoms with E-state index in [0.29, 0.717) is 5.11 Å². The molecule has 0 unspecified atom stereocenters. The van der Waals surface area contributed by atoms with E-state index in [2.05, 4.69) is 15.2 Å². The molecule has 90 valence electrons. The van der Waals surface area contributed by atoms with Crippen molar-refractivity contribution in [2.45, 2.75) is 0 Å². The lowest BCUT2D eigenvalue weighted by Crippen LogP contribution is -2.27. The SMILES string of the molecule is COC(=O)/C=N/N(C)C(=S)Nc1ccccc1. The third-order valence-corrected chi connectivity index (χ3v) is 2.22. The highest BCUT2D eigenvalue weighted by Crippen LogP contribution is 2.06. The van der Waals surface area contributed by atoms with Crippen molar-refractivity contribution in [3.8, 4) is 0 Å². The molecule has 0 amide bonds. The average molecular weight is 251 g/mol. The molecule has 0 aromatic heterocycles. The highest BCUT2D eigenvalue weighted by Gasteiger charge is 2.02. The van der Waals surface area contributed by atoms with Gasteiger partial charge in [-0.25, -0.2) is 9.80 Å². The monoisotopic (exact) mass is 251 g/mol. The van der Waals surface area contributed by atoms with Crippen LogP contribution < -0.4 is 5.32 Å². The topological polar surface area (TPSA) is 53.9 Å². The minimum Gasteiger partial charge on any atom is -0.465 e. The minimum absolute atomic E-state index is 0.386. The smallest absolute Gasteiger partial charge is 0.350 e. The minimum atomic E-state index is -0.528. The Bertz CT molecular complexity index is 420. The molecule has 0 atom stereocenters. The van der Waals surface area contributed by atoms with E-state index in [1.807, 2.05) is 30.3 Å². The van der Waals surface area contributed by atoms with Crippen LogP contribution in [0.1, 0.15) is 0 Å². The Labute approximate surface area is 105 Å². The van der Waals surface area contributed by atoms with Crippen molar-refractivity contribution in [2.75, 3.05) is 19.5 Å². The van der Waals surface area contributed by atoms with E-state index in [1.54, 1.807) is 7.05 Å². The predicted molar refractivity (Wildman–Crippen MR) is 70.9 cm³/mol. The first-order valence-electron chi connectivity index (χ1n) is 4.85. The molecule has 1 aromatic rings. The number of nitrogens with zero attached hydrogens (tertiary/aromatic N) is 2. The quantitative estimate of drug-likeness (QED) is 0.381. The van der Waals surface area contributed by atoms with Crippen LogP contribution in [-0.4, -0.2) is 36.5 Å². The molecule has 0 heterocycles. The molecular weight excluding hydrogens is 238 g/mol. The number of rotatable bonds is 3. The van der Waals surface area contributed by atoms with Crippen molar-refractivity contribution in [3.05, 3.63) is 30.3 Å². The first kappa shape index (κ1) is 13.1. The van der Waals surface area contributed by atoms with Crippen molar-refractivity contribution in [1.29, 1.82) is 0 Å². The summed E-state index contributed by atoms with van der Waals surface area (Å²) in [5.41, 5.74) is 0.859. The fourth-order valence-corrected chi connectivity index (χ4v) is 1.13. The van der Waals surface area contributed by atoms with Gasteiger partial charge in [-0.1, -0.05) is 18.2 Å². The van der Waals surface area contributed by atoms with Crippen LogP contribution in [0.4, 0.5) is 5.69 Å². The largest absolute Gasteiger partial charge is 0.465 e. The fourth-order valence-electron chi connectivity index (χ4n) is 0.965. The number of carbonyl (C=O) groups is 1. The summed E-state index contributed by atoms with van der Waals surface area (Å²) in [7, 11) is 2.92. The maximum Gasteiger partial charge on any atom is 0.350 e. The van der Waals surface area contributed by atoms with Crippen LogP contribution in [0, 0.1) is 0 Å². The van der Waals surface area contributed by atoms with Crippen molar-refractivity contribution >= 4 is 35.2 Å². The van der Waals surface area contributed by atoms with Gasteiger partial charge in [0.2, 0.25) is 0 Å². The lowest BCUT2D eigenvalue weighted by molar-refractivity contribution is -0.132. The van der Waals surface area contributed by atoms with E-state index in [-0.39, 0.29) is 0 Å². The summed E-state index contributed by atoms with van der Waals surface area (Å²) in [6.45, 7) is 0. The third-order valence-electron chi connectivity index (χ3n) is 1.86.